The number of halogens is 1. The number of rotatable bonds is 6. The lowest BCUT2D eigenvalue weighted by Gasteiger charge is -2.10. The number of carbonyl (C=O) groups is 1. The third kappa shape index (κ3) is 4.05. The maximum absolute atomic E-state index is 12.9. The standard InChI is InChI=1S/C18H16ClN3O3S/c1-25-15(23)6-8-26-14-5-4-13-16(17(14)19)18(24)22(11-21-13)10-12-3-2-7-20-9-12/h2-5,7,9,11H,6,8,10H2,1H3. The smallest absolute Gasteiger partial charge is 0.306 e. The number of thioether (sulfide) groups is 1. The molecule has 2 heterocycles. The van der Waals surface area contributed by atoms with Crippen molar-refractivity contribution in [3.8, 4) is 0 Å². The summed E-state index contributed by atoms with van der Waals surface area (Å²) in [5.41, 5.74) is 1.23. The Kier molecular flexibility index (Phi) is 5.90. The molecule has 0 aliphatic carbocycles. The lowest BCUT2D eigenvalue weighted by Crippen LogP contribution is -2.21. The van der Waals surface area contributed by atoms with Crippen molar-refractivity contribution >= 4 is 40.2 Å². The fraction of sp³-hybridized carbons (Fsp3) is 0.222. The molecule has 134 valence electrons. The number of fused-ring (bicyclic) bond motifs is 1. The van der Waals surface area contributed by atoms with Crippen molar-refractivity contribution in [3.63, 3.8) is 0 Å². The minimum atomic E-state index is -0.282. The second-order valence-corrected chi connectivity index (χ2v) is 7.00. The third-order valence-electron chi connectivity index (χ3n) is 3.76. The van der Waals surface area contributed by atoms with Gasteiger partial charge in [0.25, 0.3) is 5.56 Å². The minimum absolute atomic E-state index is 0.209. The number of hydrogen-bond donors (Lipinski definition) is 0. The van der Waals surface area contributed by atoms with E-state index in [-0.39, 0.29) is 17.9 Å². The van der Waals surface area contributed by atoms with Crippen molar-refractivity contribution in [2.24, 2.45) is 0 Å². The van der Waals surface area contributed by atoms with Crippen LogP contribution in [-0.2, 0) is 16.1 Å². The van der Waals surface area contributed by atoms with E-state index in [0.29, 0.717) is 28.2 Å². The first-order chi connectivity index (χ1) is 12.6. The summed E-state index contributed by atoms with van der Waals surface area (Å²) in [5, 5.41) is 0.733. The van der Waals surface area contributed by atoms with E-state index in [1.165, 1.54) is 29.8 Å². The Labute approximate surface area is 159 Å². The predicted molar refractivity (Wildman–Crippen MR) is 102 cm³/mol. The van der Waals surface area contributed by atoms with Gasteiger partial charge in [-0.05, 0) is 23.8 Å². The molecule has 0 unspecified atom stereocenters. The largest absolute Gasteiger partial charge is 0.469 e. The molecule has 0 aliphatic heterocycles. The molecule has 3 rings (SSSR count). The summed E-state index contributed by atoms with van der Waals surface area (Å²) >= 11 is 7.87. The summed E-state index contributed by atoms with van der Waals surface area (Å²) in [5.74, 6) is 0.233. The number of hydrogen-bond acceptors (Lipinski definition) is 6. The fourth-order valence-electron chi connectivity index (χ4n) is 2.44. The highest BCUT2D eigenvalue weighted by atomic mass is 35.5. The van der Waals surface area contributed by atoms with Crippen molar-refractivity contribution in [2.45, 2.75) is 17.9 Å². The molecule has 2 aromatic heterocycles. The molecule has 0 N–H and O–H groups in total. The maximum Gasteiger partial charge on any atom is 0.306 e. The van der Waals surface area contributed by atoms with Gasteiger partial charge in [-0.2, -0.15) is 0 Å². The Morgan fingerprint density at radius 3 is 2.92 bits per heavy atom. The molecule has 0 saturated carbocycles. The van der Waals surface area contributed by atoms with E-state index < -0.39 is 0 Å². The molecule has 0 saturated heterocycles. The quantitative estimate of drug-likeness (QED) is 0.476. The predicted octanol–water partition coefficient (Wildman–Crippen LogP) is 3.15. The number of aromatic nitrogens is 3. The average molecular weight is 390 g/mol. The number of methoxy groups -OCH3 is 1. The minimum Gasteiger partial charge on any atom is -0.469 e. The molecule has 1 aromatic carbocycles. The normalized spacial score (nSPS) is 10.8. The highest BCUT2D eigenvalue weighted by molar-refractivity contribution is 7.99. The first-order valence-corrected chi connectivity index (χ1v) is 9.22. The van der Waals surface area contributed by atoms with Gasteiger partial charge in [-0.3, -0.25) is 19.1 Å². The van der Waals surface area contributed by atoms with Gasteiger partial charge in [-0.15, -0.1) is 11.8 Å². The van der Waals surface area contributed by atoms with Gasteiger partial charge in [0.05, 0.1) is 42.3 Å². The Morgan fingerprint density at radius 2 is 2.19 bits per heavy atom. The summed E-state index contributed by atoms with van der Waals surface area (Å²) in [7, 11) is 1.35. The topological polar surface area (TPSA) is 74.1 Å². The molecule has 8 heteroatoms. The Bertz CT molecular complexity index is 992. The van der Waals surface area contributed by atoms with Crippen LogP contribution in [0.15, 0.2) is 52.7 Å². The van der Waals surface area contributed by atoms with E-state index in [1.54, 1.807) is 18.5 Å². The molecule has 0 radical (unpaired) electrons. The zero-order valence-electron chi connectivity index (χ0n) is 14.0. The molecule has 0 amide bonds. The molecule has 6 nitrogen and oxygen atoms in total. The van der Waals surface area contributed by atoms with E-state index in [4.69, 9.17) is 11.6 Å². The van der Waals surface area contributed by atoms with Crippen LogP contribution < -0.4 is 5.56 Å². The van der Waals surface area contributed by atoms with Crippen molar-refractivity contribution in [1.29, 1.82) is 0 Å². The molecule has 0 fully saturated rings. The molecule has 0 spiro atoms. The van der Waals surface area contributed by atoms with Gasteiger partial charge < -0.3 is 4.74 Å². The van der Waals surface area contributed by atoms with E-state index >= 15 is 0 Å². The number of ether oxygens (including phenoxy) is 1. The van der Waals surface area contributed by atoms with Gasteiger partial charge in [-0.25, -0.2) is 4.98 Å². The molecule has 3 aromatic rings. The van der Waals surface area contributed by atoms with E-state index in [1.807, 2.05) is 18.2 Å². The second-order valence-electron chi connectivity index (χ2n) is 5.49. The Morgan fingerprint density at radius 1 is 1.35 bits per heavy atom. The highest BCUT2D eigenvalue weighted by Gasteiger charge is 2.13. The monoisotopic (exact) mass is 389 g/mol. The summed E-state index contributed by atoms with van der Waals surface area (Å²) in [4.78, 5) is 33.2. The lowest BCUT2D eigenvalue weighted by atomic mass is 10.2. The Hall–Kier alpha value is -2.38. The van der Waals surface area contributed by atoms with Crippen molar-refractivity contribution in [1.82, 2.24) is 14.5 Å². The van der Waals surface area contributed by atoms with E-state index in [2.05, 4.69) is 14.7 Å². The summed E-state index contributed by atoms with van der Waals surface area (Å²) in [6.45, 7) is 0.367. The molecular formula is C18H16ClN3O3S. The molecule has 0 bridgehead atoms. The van der Waals surface area contributed by atoms with Gasteiger partial charge in [0.1, 0.15) is 0 Å². The second kappa shape index (κ2) is 8.33. The molecule has 26 heavy (non-hydrogen) atoms. The van der Waals surface area contributed by atoms with Gasteiger partial charge in [0.2, 0.25) is 0 Å². The van der Waals surface area contributed by atoms with Gasteiger partial charge in [0, 0.05) is 23.0 Å². The van der Waals surface area contributed by atoms with Crippen LogP contribution in [0, 0.1) is 0 Å². The van der Waals surface area contributed by atoms with Crippen LogP contribution in [0.5, 0.6) is 0 Å². The van der Waals surface area contributed by atoms with Crippen molar-refractivity contribution in [2.75, 3.05) is 12.9 Å². The molecular weight excluding hydrogens is 374 g/mol. The number of pyridine rings is 1. The van der Waals surface area contributed by atoms with E-state index in [0.717, 1.165) is 10.5 Å². The average Bonchev–Trinajstić information content (AvgIpc) is 2.66. The van der Waals surface area contributed by atoms with Gasteiger partial charge in [0.15, 0.2) is 0 Å². The van der Waals surface area contributed by atoms with Gasteiger partial charge >= 0.3 is 5.97 Å². The van der Waals surface area contributed by atoms with Crippen LogP contribution in [0.3, 0.4) is 0 Å². The number of esters is 1. The van der Waals surface area contributed by atoms with Crippen LogP contribution in [0.4, 0.5) is 0 Å². The number of nitrogens with zero attached hydrogens (tertiary/aromatic N) is 3. The van der Waals surface area contributed by atoms with Crippen LogP contribution in [0.2, 0.25) is 5.02 Å². The van der Waals surface area contributed by atoms with E-state index in [9.17, 15) is 9.59 Å². The highest BCUT2D eigenvalue weighted by Crippen LogP contribution is 2.32. The van der Waals surface area contributed by atoms with Crippen LogP contribution in [0.25, 0.3) is 10.9 Å². The van der Waals surface area contributed by atoms with Crippen LogP contribution in [-0.4, -0.2) is 33.4 Å². The zero-order valence-corrected chi connectivity index (χ0v) is 15.6. The summed E-state index contributed by atoms with van der Waals surface area (Å²) < 4.78 is 6.13. The SMILES string of the molecule is COC(=O)CCSc1ccc2ncn(Cc3cccnc3)c(=O)c2c1Cl. The summed E-state index contributed by atoms with van der Waals surface area (Å²) in [6.07, 6.45) is 5.17. The first-order valence-electron chi connectivity index (χ1n) is 7.86. The molecule has 0 atom stereocenters. The third-order valence-corrected chi connectivity index (χ3v) is 5.33. The van der Waals surface area contributed by atoms with Gasteiger partial charge in [-0.1, -0.05) is 17.7 Å². The fourth-order valence-corrected chi connectivity index (χ4v) is 3.73. The zero-order chi connectivity index (χ0) is 18.5. The van der Waals surface area contributed by atoms with Crippen LogP contribution >= 0.6 is 23.4 Å². The van der Waals surface area contributed by atoms with Crippen LogP contribution in [0.1, 0.15) is 12.0 Å². The first kappa shape index (κ1) is 18.4. The van der Waals surface area contributed by atoms with Crippen molar-refractivity contribution in [3.05, 3.63) is 63.9 Å². The summed E-state index contributed by atoms with van der Waals surface area (Å²) in [6, 6.07) is 7.28. The number of benzene rings is 1. The number of carbonyl (C=O) groups excluding carboxylic acids is 1. The van der Waals surface area contributed by atoms with Crippen molar-refractivity contribution < 1.29 is 9.53 Å². The molecule has 0 aliphatic rings. The lowest BCUT2D eigenvalue weighted by molar-refractivity contribution is -0.140. The maximum atomic E-state index is 12.9. The Balaban J connectivity index is 1.92.